The molecule has 0 heterocycles. The third kappa shape index (κ3) is 5.01. The summed E-state index contributed by atoms with van der Waals surface area (Å²) in [6.07, 6.45) is 1.62. The Hall–Kier alpha value is -1.14. The van der Waals surface area contributed by atoms with E-state index in [1.807, 2.05) is 0 Å². The lowest BCUT2D eigenvalue weighted by Gasteiger charge is -1.69. The highest BCUT2D eigenvalue weighted by Gasteiger charge is 1.71. The van der Waals surface area contributed by atoms with Crippen LogP contribution >= 0.6 is 15.9 Å². The maximum absolute atomic E-state index is 3.40. The molecule has 0 fully saturated rings. The molecule has 0 unspecified atom stereocenters. The van der Waals surface area contributed by atoms with Crippen LogP contribution in [0.2, 0.25) is 0 Å². The van der Waals surface area contributed by atoms with Gasteiger partial charge in [-0.15, -0.1) is 5.73 Å². The number of hydrogen-bond donors (Lipinski definition) is 0. The summed E-state index contributed by atoms with van der Waals surface area (Å²) < 4.78 is 0.728. The molecule has 0 saturated carbocycles. The van der Waals surface area contributed by atoms with Crippen LogP contribution in [0.15, 0.2) is 52.4 Å². The van der Waals surface area contributed by atoms with Crippen LogP contribution in [0.4, 0.5) is 0 Å². The number of allylic oxidation sites excluding steroid dienone is 2. The fourth-order valence-electron chi connectivity index (χ4n) is 0.231. The first-order chi connectivity index (χ1) is 4.81. The van der Waals surface area contributed by atoms with E-state index >= 15 is 0 Å². The van der Waals surface area contributed by atoms with Gasteiger partial charge in [0.1, 0.15) is 0 Å². The van der Waals surface area contributed by atoms with E-state index in [0.717, 1.165) is 4.48 Å². The zero-order chi connectivity index (χ0) is 7.82. The normalized spacial score (nSPS) is 5.30. The summed E-state index contributed by atoms with van der Waals surface area (Å²) in [5.74, 6) is 0. The van der Waals surface area contributed by atoms with Crippen molar-refractivity contribution in [3.63, 3.8) is 0 Å². The fourth-order valence-corrected chi connectivity index (χ4v) is 0.345. The van der Waals surface area contributed by atoms with Gasteiger partial charge < -0.3 is 0 Å². The fraction of sp³-hybridized carbons (Fsp3) is 0. The smallest absolute Gasteiger partial charge is 0.0671 e. The highest BCUT2D eigenvalue weighted by atomic mass is 79.9. The van der Waals surface area contributed by atoms with E-state index in [2.05, 4.69) is 57.7 Å². The molecule has 0 spiro atoms. The second-order valence-corrected chi connectivity index (χ2v) is 2.09. The Morgan fingerprint density at radius 2 is 2.00 bits per heavy atom. The van der Waals surface area contributed by atoms with Crippen molar-refractivity contribution in [1.82, 2.24) is 0 Å². The Bertz CT molecular complexity index is 305. The molecule has 0 rings (SSSR count). The summed E-state index contributed by atoms with van der Waals surface area (Å²) in [7, 11) is 0. The van der Waals surface area contributed by atoms with Gasteiger partial charge in [-0.1, -0.05) is 18.0 Å². The number of hydrogen-bond acceptors (Lipinski definition) is 0. The van der Waals surface area contributed by atoms with Crippen molar-refractivity contribution in [3.8, 4) is 0 Å². The molecule has 0 aromatic heterocycles. The number of rotatable bonds is 1. The van der Waals surface area contributed by atoms with Crippen molar-refractivity contribution in [2.24, 2.45) is 0 Å². The molecule has 0 amide bonds. The van der Waals surface area contributed by atoms with Crippen molar-refractivity contribution in [3.05, 3.63) is 52.4 Å². The lowest BCUT2D eigenvalue weighted by molar-refractivity contribution is 1.99. The highest BCUT2D eigenvalue weighted by Crippen LogP contribution is 2.00. The Morgan fingerprint density at radius 3 is 2.50 bits per heavy atom. The van der Waals surface area contributed by atoms with Gasteiger partial charge in [-0.3, -0.25) is 0 Å². The van der Waals surface area contributed by atoms with Crippen molar-refractivity contribution in [1.29, 1.82) is 0 Å². The van der Waals surface area contributed by atoms with Crippen LogP contribution in [-0.4, -0.2) is 0 Å². The summed E-state index contributed by atoms with van der Waals surface area (Å²) in [6.45, 7) is 6.70. The van der Waals surface area contributed by atoms with Gasteiger partial charge in [0.15, 0.2) is 0 Å². The van der Waals surface area contributed by atoms with E-state index < -0.39 is 0 Å². The van der Waals surface area contributed by atoms with Crippen LogP contribution in [-0.2, 0) is 0 Å². The minimum absolute atomic E-state index is 0.728. The van der Waals surface area contributed by atoms with Crippen molar-refractivity contribution in [2.45, 2.75) is 0 Å². The lowest BCUT2D eigenvalue weighted by atomic mass is 10.5. The average Bonchev–Trinajstić information content (AvgIpc) is 1.98. The Labute approximate surface area is 68.7 Å². The molecule has 1 heteroatoms. The molecule has 0 aliphatic carbocycles. The van der Waals surface area contributed by atoms with Crippen molar-refractivity contribution < 1.29 is 0 Å². The SMILES string of the molecule is C=C=C=C=C=CC(Br)=C=C. The summed E-state index contributed by atoms with van der Waals surface area (Å²) >= 11 is 3.15. The number of halogens is 1. The van der Waals surface area contributed by atoms with Crippen molar-refractivity contribution in [2.75, 3.05) is 0 Å². The minimum atomic E-state index is 0.728. The van der Waals surface area contributed by atoms with E-state index in [0.29, 0.717) is 0 Å². The predicted molar refractivity (Wildman–Crippen MR) is 45.8 cm³/mol. The topological polar surface area (TPSA) is 0 Å². The standard InChI is InChI=1S/C9H5Br/c1-3-5-6-7-8-9(10)4-2/h8H,1-2H2. The molecule has 0 aromatic rings. The van der Waals surface area contributed by atoms with E-state index in [4.69, 9.17) is 0 Å². The molecular formula is C9H5Br. The maximum atomic E-state index is 3.40. The van der Waals surface area contributed by atoms with Gasteiger partial charge in [0, 0.05) is 6.08 Å². The molecular weight excluding hydrogens is 188 g/mol. The first kappa shape index (κ1) is 8.86. The van der Waals surface area contributed by atoms with Crippen LogP contribution in [0.5, 0.6) is 0 Å². The zero-order valence-electron chi connectivity index (χ0n) is 5.37. The summed E-state index contributed by atoms with van der Waals surface area (Å²) in [5, 5.41) is 0. The lowest BCUT2D eigenvalue weighted by Crippen LogP contribution is -1.47. The zero-order valence-corrected chi connectivity index (χ0v) is 6.96. The van der Waals surface area contributed by atoms with Crippen LogP contribution in [0.25, 0.3) is 0 Å². The molecule has 48 valence electrons. The minimum Gasteiger partial charge on any atom is -0.113 e. The van der Waals surface area contributed by atoms with E-state index in [9.17, 15) is 0 Å². The monoisotopic (exact) mass is 192 g/mol. The van der Waals surface area contributed by atoms with E-state index in [-0.39, 0.29) is 0 Å². The van der Waals surface area contributed by atoms with Gasteiger partial charge in [-0.05, 0) is 34.0 Å². The Morgan fingerprint density at radius 1 is 1.30 bits per heavy atom. The van der Waals surface area contributed by atoms with Gasteiger partial charge in [0.05, 0.1) is 4.48 Å². The predicted octanol–water partition coefficient (Wildman–Crippen LogP) is 2.86. The van der Waals surface area contributed by atoms with E-state index in [1.54, 1.807) is 6.08 Å². The second kappa shape index (κ2) is 5.99. The summed E-state index contributed by atoms with van der Waals surface area (Å²) in [6, 6.07) is 0. The molecule has 10 heavy (non-hydrogen) atoms. The quantitative estimate of drug-likeness (QED) is 0.443. The van der Waals surface area contributed by atoms with Gasteiger partial charge in [-0.2, -0.15) is 0 Å². The first-order valence-electron chi connectivity index (χ1n) is 2.47. The molecule has 0 saturated heterocycles. The van der Waals surface area contributed by atoms with Crippen LogP contribution in [0.1, 0.15) is 0 Å². The molecule has 0 nitrogen and oxygen atoms in total. The van der Waals surface area contributed by atoms with Gasteiger partial charge in [-0.25, -0.2) is 0 Å². The average molecular weight is 193 g/mol. The summed E-state index contributed by atoms with van der Waals surface area (Å²) in [4.78, 5) is 0. The first-order valence-corrected chi connectivity index (χ1v) is 3.27. The molecule has 0 radical (unpaired) electrons. The third-order valence-electron chi connectivity index (χ3n) is 0.591. The Kier molecular flexibility index (Phi) is 5.30. The van der Waals surface area contributed by atoms with Gasteiger partial charge in [0.2, 0.25) is 0 Å². The Balaban J connectivity index is 4.73. The third-order valence-corrected chi connectivity index (χ3v) is 1.10. The van der Waals surface area contributed by atoms with Crippen LogP contribution in [0, 0.1) is 0 Å². The molecule has 0 aliphatic heterocycles. The molecule has 0 bridgehead atoms. The largest absolute Gasteiger partial charge is 0.113 e. The van der Waals surface area contributed by atoms with Crippen molar-refractivity contribution >= 4 is 15.9 Å². The molecule has 0 atom stereocenters. The van der Waals surface area contributed by atoms with Crippen LogP contribution < -0.4 is 0 Å². The van der Waals surface area contributed by atoms with E-state index in [1.165, 1.54) is 0 Å². The molecule has 0 aliphatic rings. The van der Waals surface area contributed by atoms with Gasteiger partial charge in [0.25, 0.3) is 0 Å². The highest BCUT2D eigenvalue weighted by molar-refractivity contribution is 9.11. The maximum Gasteiger partial charge on any atom is 0.0671 e. The summed E-state index contributed by atoms with van der Waals surface area (Å²) in [5.41, 5.74) is 12.7. The second-order valence-electron chi connectivity index (χ2n) is 1.24. The molecule has 0 N–H and O–H groups in total. The van der Waals surface area contributed by atoms with Crippen LogP contribution in [0.3, 0.4) is 0 Å². The van der Waals surface area contributed by atoms with Gasteiger partial charge >= 0.3 is 0 Å². The molecule has 0 aromatic carbocycles.